The Hall–Kier alpha value is -3.80. The van der Waals surface area contributed by atoms with Crippen LogP contribution in [-0.2, 0) is 30.7 Å². The molecule has 0 saturated heterocycles. The first-order valence-electron chi connectivity index (χ1n) is 9.53. The van der Waals surface area contributed by atoms with Crippen molar-refractivity contribution in [3.63, 3.8) is 0 Å². The second kappa shape index (κ2) is 12.7. The van der Waals surface area contributed by atoms with Gasteiger partial charge < -0.3 is 24.1 Å². The van der Waals surface area contributed by atoms with Crippen LogP contribution < -0.4 is 0 Å². The molecule has 31 heavy (non-hydrogen) atoms. The van der Waals surface area contributed by atoms with Gasteiger partial charge in [-0.15, -0.1) is 6.42 Å². The zero-order chi connectivity index (χ0) is 22.5. The van der Waals surface area contributed by atoms with Gasteiger partial charge in [0.1, 0.15) is 31.7 Å². The van der Waals surface area contributed by atoms with Crippen molar-refractivity contribution < 1.29 is 24.1 Å². The Morgan fingerprint density at radius 1 is 1.19 bits per heavy atom. The highest BCUT2D eigenvalue weighted by molar-refractivity contribution is 6.45. The van der Waals surface area contributed by atoms with Crippen molar-refractivity contribution in [2.75, 3.05) is 26.9 Å². The van der Waals surface area contributed by atoms with Crippen molar-refractivity contribution in [1.29, 1.82) is 0 Å². The van der Waals surface area contributed by atoms with Gasteiger partial charge in [0.05, 0.1) is 0 Å². The van der Waals surface area contributed by atoms with E-state index in [9.17, 15) is 0 Å². The van der Waals surface area contributed by atoms with Gasteiger partial charge in [-0.25, -0.2) is 0 Å². The summed E-state index contributed by atoms with van der Waals surface area (Å²) in [5, 5.41) is 16.2. The van der Waals surface area contributed by atoms with Crippen LogP contribution in [0.25, 0.3) is 0 Å². The molecular weight excluding hydrogens is 400 g/mol. The van der Waals surface area contributed by atoms with Gasteiger partial charge in [0, 0.05) is 17.5 Å². The van der Waals surface area contributed by atoms with Crippen molar-refractivity contribution in [2.24, 2.45) is 20.6 Å². The van der Waals surface area contributed by atoms with E-state index in [2.05, 4.69) is 33.1 Å². The largest absolute Gasteiger partial charge is 0.470 e. The van der Waals surface area contributed by atoms with Gasteiger partial charge in [0.15, 0.2) is 18.9 Å². The fourth-order valence-electron chi connectivity index (χ4n) is 2.50. The summed E-state index contributed by atoms with van der Waals surface area (Å²) >= 11 is 0. The SMILES string of the molecule is C#CCO/N=C(CC(=C)C)/C(C)=N/OCc1ccccc1/C(=N\OC)C1=NOCCO1. The van der Waals surface area contributed by atoms with Crippen molar-refractivity contribution in [2.45, 2.75) is 26.9 Å². The third kappa shape index (κ3) is 7.51. The van der Waals surface area contributed by atoms with Crippen molar-refractivity contribution in [1.82, 2.24) is 0 Å². The van der Waals surface area contributed by atoms with Crippen LogP contribution >= 0.6 is 0 Å². The van der Waals surface area contributed by atoms with Gasteiger partial charge in [-0.05, 0) is 19.0 Å². The summed E-state index contributed by atoms with van der Waals surface area (Å²) < 4.78 is 5.55. The fourth-order valence-corrected chi connectivity index (χ4v) is 2.50. The molecule has 0 spiro atoms. The Bertz CT molecular complexity index is 928. The molecule has 0 aliphatic carbocycles. The monoisotopic (exact) mass is 426 g/mol. The highest BCUT2D eigenvalue weighted by Crippen LogP contribution is 2.15. The van der Waals surface area contributed by atoms with E-state index in [4.69, 9.17) is 30.5 Å². The smallest absolute Gasteiger partial charge is 0.280 e. The lowest BCUT2D eigenvalue weighted by Gasteiger charge is -2.16. The summed E-state index contributed by atoms with van der Waals surface area (Å²) in [4.78, 5) is 20.7. The lowest BCUT2D eigenvalue weighted by molar-refractivity contribution is 0.0672. The summed E-state index contributed by atoms with van der Waals surface area (Å²) in [5.74, 6) is 2.60. The minimum absolute atomic E-state index is 0.0679. The van der Waals surface area contributed by atoms with E-state index >= 15 is 0 Å². The van der Waals surface area contributed by atoms with Crippen LogP contribution in [0.5, 0.6) is 0 Å². The molecule has 9 nitrogen and oxygen atoms in total. The summed E-state index contributed by atoms with van der Waals surface area (Å²) in [6, 6.07) is 7.48. The van der Waals surface area contributed by atoms with Gasteiger partial charge in [-0.1, -0.05) is 57.8 Å². The molecule has 0 saturated carbocycles. The molecular formula is C22H26N4O5. The van der Waals surface area contributed by atoms with Crippen molar-refractivity contribution in [3.8, 4) is 12.3 Å². The minimum Gasteiger partial charge on any atom is -0.470 e. The molecule has 164 valence electrons. The molecule has 1 heterocycles. The summed E-state index contributed by atoms with van der Waals surface area (Å²) in [6.45, 7) is 8.53. The predicted molar refractivity (Wildman–Crippen MR) is 119 cm³/mol. The Kier molecular flexibility index (Phi) is 9.62. The number of hydrogen-bond donors (Lipinski definition) is 0. The standard InChI is InChI=1S/C22H26N4O5/c1-6-11-29-24-20(14-16(2)3)17(4)23-31-15-18-9-7-8-10-19(18)21(25-27-5)22-26-30-13-12-28-22/h1,7-10H,2,11-15H2,3-5H3/b23-17+,24-20+,25-21+. The van der Waals surface area contributed by atoms with E-state index in [1.54, 1.807) is 6.92 Å². The molecule has 1 aliphatic rings. The number of rotatable bonds is 11. The maximum Gasteiger partial charge on any atom is 0.280 e. The Morgan fingerprint density at radius 3 is 2.68 bits per heavy atom. The van der Waals surface area contributed by atoms with Gasteiger partial charge in [0.2, 0.25) is 0 Å². The fraction of sp³-hybridized carbons (Fsp3) is 0.364. The molecule has 0 amide bonds. The maximum atomic E-state index is 5.58. The van der Waals surface area contributed by atoms with Crippen LogP contribution in [0, 0.1) is 12.3 Å². The number of nitrogens with zero attached hydrogens (tertiary/aromatic N) is 4. The highest BCUT2D eigenvalue weighted by atomic mass is 16.7. The third-order valence-electron chi connectivity index (χ3n) is 3.85. The normalized spacial score (nSPS) is 14.5. The molecule has 0 N–H and O–H groups in total. The number of terminal acetylenes is 1. The summed E-state index contributed by atoms with van der Waals surface area (Å²) in [6.07, 6.45) is 5.68. The van der Waals surface area contributed by atoms with Crippen LogP contribution in [0.15, 0.2) is 57.0 Å². The average molecular weight is 426 g/mol. The Balaban J connectivity index is 2.19. The van der Waals surface area contributed by atoms with Crippen LogP contribution in [0.4, 0.5) is 0 Å². The average Bonchev–Trinajstić information content (AvgIpc) is 2.77. The highest BCUT2D eigenvalue weighted by Gasteiger charge is 2.21. The molecule has 1 aliphatic heterocycles. The van der Waals surface area contributed by atoms with Crippen LogP contribution in [0.1, 0.15) is 31.4 Å². The third-order valence-corrected chi connectivity index (χ3v) is 3.85. The number of allylic oxidation sites excluding steroid dienone is 1. The molecule has 1 aromatic rings. The molecule has 9 heteroatoms. The maximum absolute atomic E-state index is 5.58. The summed E-state index contributed by atoms with van der Waals surface area (Å²) in [5.41, 5.74) is 3.95. The number of benzene rings is 1. The zero-order valence-electron chi connectivity index (χ0n) is 18.0. The molecule has 0 unspecified atom stereocenters. The van der Waals surface area contributed by atoms with E-state index in [1.165, 1.54) is 7.11 Å². The first-order chi connectivity index (χ1) is 15.1. The second-order valence-corrected chi connectivity index (χ2v) is 6.46. The predicted octanol–water partition coefficient (Wildman–Crippen LogP) is 3.26. The van der Waals surface area contributed by atoms with E-state index in [-0.39, 0.29) is 19.1 Å². The second-order valence-electron chi connectivity index (χ2n) is 6.46. The first-order valence-corrected chi connectivity index (χ1v) is 9.53. The number of hydrogen-bond acceptors (Lipinski definition) is 9. The summed E-state index contributed by atoms with van der Waals surface area (Å²) in [7, 11) is 1.45. The Morgan fingerprint density at radius 2 is 2.00 bits per heavy atom. The van der Waals surface area contributed by atoms with Gasteiger partial charge in [-0.3, -0.25) is 0 Å². The Labute approximate surface area is 182 Å². The molecule has 0 bridgehead atoms. The molecule has 0 atom stereocenters. The van der Waals surface area contributed by atoms with Gasteiger partial charge in [-0.2, -0.15) is 0 Å². The minimum atomic E-state index is 0.0679. The van der Waals surface area contributed by atoms with Crippen LogP contribution in [0.2, 0.25) is 0 Å². The van der Waals surface area contributed by atoms with E-state index in [0.717, 1.165) is 16.7 Å². The van der Waals surface area contributed by atoms with Gasteiger partial charge >= 0.3 is 0 Å². The number of oxime groups is 4. The zero-order valence-corrected chi connectivity index (χ0v) is 18.0. The van der Waals surface area contributed by atoms with Gasteiger partial charge in [0.25, 0.3) is 5.90 Å². The lowest BCUT2D eigenvalue weighted by atomic mass is 10.0. The first kappa shape index (κ1) is 23.5. The van der Waals surface area contributed by atoms with E-state index in [1.807, 2.05) is 31.2 Å². The van der Waals surface area contributed by atoms with Crippen molar-refractivity contribution >= 4 is 23.0 Å². The lowest BCUT2D eigenvalue weighted by Crippen LogP contribution is -2.26. The van der Waals surface area contributed by atoms with Crippen molar-refractivity contribution in [3.05, 3.63) is 47.5 Å². The van der Waals surface area contributed by atoms with Crippen LogP contribution in [0.3, 0.4) is 0 Å². The molecule has 2 rings (SSSR count). The van der Waals surface area contributed by atoms with E-state index < -0.39 is 0 Å². The number of ether oxygens (including phenoxy) is 1. The molecule has 0 fully saturated rings. The van der Waals surface area contributed by atoms with E-state index in [0.29, 0.717) is 36.8 Å². The molecule has 1 aromatic carbocycles. The van der Waals surface area contributed by atoms with Crippen LogP contribution in [-0.4, -0.2) is 50.0 Å². The molecule has 0 aromatic heterocycles. The quantitative estimate of drug-likeness (QED) is 0.178. The molecule has 0 radical (unpaired) electrons. The topological polar surface area (TPSA) is 95.6 Å².